The van der Waals surface area contributed by atoms with E-state index in [1.54, 1.807) is 0 Å². The Hall–Kier alpha value is 0.0900. The van der Waals surface area contributed by atoms with Crippen LogP contribution in [0.5, 0.6) is 0 Å². The molecule has 1 fully saturated rings. The van der Waals surface area contributed by atoms with Crippen molar-refractivity contribution in [3.05, 3.63) is 0 Å². The van der Waals surface area contributed by atoms with Gasteiger partial charge < -0.3 is 15.8 Å². The summed E-state index contributed by atoms with van der Waals surface area (Å²) < 4.78 is 25.3. The fourth-order valence-corrected chi connectivity index (χ4v) is 3.16. The second kappa shape index (κ2) is 14.2. The van der Waals surface area contributed by atoms with Gasteiger partial charge in [0.2, 0.25) is 0 Å². The van der Waals surface area contributed by atoms with Crippen LogP contribution in [0.15, 0.2) is 0 Å². The summed E-state index contributed by atoms with van der Waals surface area (Å²) in [6.07, 6.45) is 10.0. The van der Waals surface area contributed by atoms with Gasteiger partial charge in [-0.25, -0.2) is 9.36 Å². The molecule has 0 aromatic carbocycles. The molecule has 1 aliphatic rings. The van der Waals surface area contributed by atoms with E-state index in [4.69, 9.17) is 14.4 Å². The van der Waals surface area contributed by atoms with E-state index in [2.05, 4.69) is 11.4 Å². The third-order valence-electron chi connectivity index (χ3n) is 3.85. The van der Waals surface area contributed by atoms with Gasteiger partial charge in [-0.15, -0.1) is 0 Å². The summed E-state index contributed by atoms with van der Waals surface area (Å²) in [6.45, 7) is 1.81. The van der Waals surface area contributed by atoms with Crippen LogP contribution in [-0.4, -0.2) is 35.9 Å². The van der Waals surface area contributed by atoms with Crippen LogP contribution in [0.1, 0.15) is 72.6 Å². The van der Waals surface area contributed by atoms with Gasteiger partial charge in [-0.3, -0.25) is 9.32 Å². The minimum atomic E-state index is -4.30. The number of unbranched alkanes of at least 4 members (excludes halogenated alkanes) is 8. The van der Waals surface area contributed by atoms with Crippen molar-refractivity contribution >= 4 is 19.3 Å². The Morgan fingerprint density at radius 3 is 2.32 bits per heavy atom. The molecule has 1 N–H and O–H groups in total. The van der Waals surface area contributed by atoms with Crippen LogP contribution in [0.4, 0.5) is 4.79 Å². The normalized spacial score (nSPS) is 22.8. The van der Waals surface area contributed by atoms with E-state index in [1.165, 1.54) is 38.5 Å². The first-order chi connectivity index (χ1) is 11.5. The number of ether oxygens (including phenoxy) is 2. The second-order valence-corrected chi connectivity index (χ2v) is 7.75. The Kier molecular flexibility index (Phi) is 14.2. The van der Waals surface area contributed by atoms with Crippen LogP contribution >= 0.6 is 7.60 Å². The Morgan fingerprint density at radius 2 is 1.76 bits per heavy atom. The van der Waals surface area contributed by atoms with E-state index in [0.29, 0.717) is 6.42 Å². The summed E-state index contributed by atoms with van der Waals surface area (Å²) in [5.74, 6) is -0.355. The van der Waals surface area contributed by atoms with Gasteiger partial charge in [0.25, 0.3) is 0 Å². The van der Waals surface area contributed by atoms with E-state index in [-0.39, 0.29) is 50.2 Å². The van der Waals surface area contributed by atoms with E-state index in [0.717, 1.165) is 19.3 Å². The van der Waals surface area contributed by atoms with Gasteiger partial charge in [0, 0.05) is 6.42 Å². The average molecular weight is 388 g/mol. The molecule has 0 saturated carbocycles. The zero-order valence-corrected chi connectivity index (χ0v) is 18.3. The summed E-state index contributed by atoms with van der Waals surface area (Å²) >= 11 is 0. The Balaban J connectivity index is 0. The molecule has 2 unspecified atom stereocenters. The minimum absolute atomic E-state index is 0. The van der Waals surface area contributed by atoms with Crippen molar-refractivity contribution in [1.29, 1.82) is 0 Å². The molecule has 0 aromatic rings. The molecule has 142 valence electrons. The molecule has 2 atom stereocenters. The van der Waals surface area contributed by atoms with Gasteiger partial charge in [-0.1, -0.05) is 58.3 Å². The number of hydrogen-bond acceptors (Lipinski definition) is 6. The molecule has 0 radical (unpaired) electrons. The van der Waals surface area contributed by atoms with E-state index in [9.17, 15) is 14.2 Å². The van der Waals surface area contributed by atoms with Crippen molar-refractivity contribution in [2.45, 2.75) is 77.2 Å². The van der Waals surface area contributed by atoms with Crippen molar-refractivity contribution in [3.8, 4) is 0 Å². The Labute approximate surface area is 173 Å². The first-order valence-electron chi connectivity index (χ1n) is 8.80. The van der Waals surface area contributed by atoms with Gasteiger partial charge in [-0.2, -0.15) is 0 Å². The molecule has 0 bridgehead atoms. The van der Waals surface area contributed by atoms with Crippen LogP contribution in [0.25, 0.3) is 0 Å². The van der Waals surface area contributed by atoms with Crippen LogP contribution in [0.3, 0.4) is 0 Å². The Bertz CT molecular complexity index is 450. The van der Waals surface area contributed by atoms with Gasteiger partial charge in [-0.05, 0) is 6.42 Å². The summed E-state index contributed by atoms with van der Waals surface area (Å²) in [4.78, 5) is 31.8. The molecular weight excluding hydrogens is 358 g/mol. The maximum atomic E-state index is 11.6. The number of esters is 1. The van der Waals surface area contributed by atoms with Crippen LogP contribution in [0, 0.1) is 0 Å². The van der Waals surface area contributed by atoms with Crippen LogP contribution in [0.2, 0.25) is 0 Å². The first-order valence-corrected chi connectivity index (χ1v) is 10.4. The molecule has 9 heteroatoms. The predicted molar refractivity (Wildman–Crippen MR) is 90.0 cm³/mol. The van der Waals surface area contributed by atoms with Gasteiger partial charge >= 0.3 is 48.8 Å². The fourth-order valence-electron chi connectivity index (χ4n) is 2.40. The summed E-state index contributed by atoms with van der Waals surface area (Å²) in [5.41, 5.74) is -1.30. The van der Waals surface area contributed by atoms with Crippen LogP contribution in [-0.2, 0) is 23.4 Å². The SMILES string of the molecule is CCCCCCCCCCCC(=O)OCC1COP(=O)(O)C(=O)O1.[H-].[Na+]. The van der Waals surface area contributed by atoms with Crippen molar-refractivity contribution in [3.63, 3.8) is 0 Å². The van der Waals surface area contributed by atoms with E-state index in [1.807, 2.05) is 0 Å². The summed E-state index contributed by atoms with van der Waals surface area (Å²) in [6, 6.07) is 0. The zero-order valence-electron chi connectivity index (χ0n) is 16.4. The van der Waals surface area contributed by atoms with Gasteiger partial charge in [0.05, 0.1) is 6.61 Å². The third-order valence-corrected chi connectivity index (χ3v) is 4.91. The monoisotopic (exact) mass is 388 g/mol. The van der Waals surface area contributed by atoms with E-state index >= 15 is 0 Å². The number of hydrogen-bond donors (Lipinski definition) is 1. The quantitative estimate of drug-likeness (QED) is 0.233. The Morgan fingerprint density at radius 1 is 1.20 bits per heavy atom. The predicted octanol–water partition coefficient (Wildman–Crippen LogP) is 1.29. The molecule has 7 nitrogen and oxygen atoms in total. The maximum Gasteiger partial charge on any atom is 1.00 e. The van der Waals surface area contributed by atoms with Crippen molar-refractivity contribution in [2.75, 3.05) is 13.2 Å². The number of cyclic esters (lactones) is 1. The molecule has 1 aliphatic heterocycles. The molecule has 1 saturated heterocycles. The standard InChI is InChI=1S/C16H29O7P.Na.H/c1-2-3-4-5-6-7-8-9-10-11-15(17)21-12-14-13-22-24(19,20)16(18)23-14;;/h14H,2-13H2,1H3,(H,19,20);;/q;+1;-1. The molecule has 0 aliphatic carbocycles. The van der Waals surface area contributed by atoms with Crippen molar-refractivity contribution < 1.29 is 64.0 Å². The molecular formula is C16H30NaO7P. The minimum Gasteiger partial charge on any atom is -1.00 e. The number of rotatable bonds is 12. The summed E-state index contributed by atoms with van der Waals surface area (Å²) in [5, 5.41) is 0. The smallest absolute Gasteiger partial charge is 1.00 e. The molecule has 0 spiro atoms. The molecule has 1 heterocycles. The first kappa shape index (κ1) is 25.1. The van der Waals surface area contributed by atoms with Crippen LogP contribution < -0.4 is 29.6 Å². The largest absolute Gasteiger partial charge is 1.00 e. The topological polar surface area (TPSA) is 99.1 Å². The second-order valence-electron chi connectivity index (χ2n) is 6.08. The average Bonchev–Trinajstić information content (AvgIpc) is 2.54. The van der Waals surface area contributed by atoms with Crippen molar-refractivity contribution in [1.82, 2.24) is 0 Å². The molecule has 0 aromatic heterocycles. The molecule has 0 amide bonds. The zero-order chi connectivity index (χ0) is 17.8. The maximum absolute atomic E-state index is 11.6. The fraction of sp³-hybridized carbons (Fsp3) is 0.875. The van der Waals surface area contributed by atoms with E-state index < -0.39 is 19.4 Å². The summed E-state index contributed by atoms with van der Waals surface area (Å²) in [7, 11) is -4.30. The number of carbonyl (C=O) groups is 2. The van der Waals surface area contributed by atoms with Gasteiger partial charge in [0.1, 0.15) is 6.61 Å². The number of carbonyl (C=O) groups excluding carboxylic acids is 2. The third kappa shape index (κ3) is 11.4. The molecule has 25 heavy (non-hydrogen) atoms. The van der Waals surface area contributed by atoms with Gasteiger partial charge in [0.15, 0.2) is 6.10 Å². The molecule has 1 rings (SSSR count). The van der Waals surface area contributed by atoms with Crippen molar-refractivity contribution in [2.24, 2.45) is 0 Å².